The standard InChI is InChI=1S/C22H24N2O3/c1-4-27-20-13-9-18(10-14-20)16-21(25)23-15-5-6-17-7-11-19(12-8-17)22(26)24(2)3/h7-14H,4,15-16H2,1-3H3,(H,23,25). The van der Waals surface area contributed by atoms with Crippen LogP contribution in [0.2, 0.25) is 0 Å². The predicted molar refractivity (Wildman–Crippen MR) is 106 cm³/mol. The third kappa shape index (κ3) is 6.52. The summed E-state index contributed by atoms with van der Waals surface area (Å²) in [4.78, 5) is 25.3. The molecule has 1 N–H and O–H groups in total. The van der Waals surface area contributed by atoms with Gasteiger partial charge in [0.1, 0.15) is 5.75 Å². The zero-order chi connectivity index (χ0) is 19.6. The SMILES string of the molecule is CCOc1ccc(CC(=O)NCC#Cc2ccc(C(=O)N(C)C)cc2)cc1. The highest BCUT2D eigenvalue weighted by Crippen LogP contribution is 2.12. The van der Waals surface area contributed by atoms with Crippen molar-refractivity contribution in [2.75, 3.05) is 27.2 Å². The van der Waals surface area contributed by atoms with E-state index in [0.717, 1.165) is 16.9 Å². The Hall–Kier alpha value is -3.26. The maximum atomic E-state index is 12.0. The number of nitrogens with one attached hydrogen (secondary N) is 1. The van der Waals surface area contributed by atoms with Gasteiger partial charge in [-0.05, 0) is 48.9 Å². The number of hydrogen-bond acceptors (Lipinski definition) is 3. The Kier molecular flexibility index (Phi) is 7.45. The van der Waals surface area contributed by atoms with E-state index in [-0.39, 0.29) is 18.4 Å². The third-order valence-corrected chi connectivity index (χ3v) is 3.74. The van der Waals surface area contributed by atoms with Crippen molar-refractivity contribution in [2.24, 2.45) is 0 Å². The highest BCUT2D eigenvalue weighted by molar-refractivity contribution is 5.93. The van der Waals surface area contributed by atoms with Crippen molar-refractivity contribution < 1.29 is 14.3 Å². The van der Waals surface area contributed by atoms with Crippen LogP contribution in [-0.4, -0.2) is 44.0 Å². The summed E-state index contributed by atoms with van der Waals surface area (Å²) in [7, 11) is 3.43. The summed E-state index contributed by atoms with van der Waals surface area (Å²) < 4.78 is 5.38. The third-order valence-electron chi connectivity index (χ3n) is 3.74. The van der Waals surface area contributed by atoms with Crippen LogP contribution in [0, 0.1) is 11.8 Å². The number of amides is 2. The van der Waals surface area contributed by atoms with Crippen LogP contribution < -0.4 is 10.1 Å². The summed E-state index contributed by atoms with van der Waals surface area (Å²) in [6, 6.07) is 14.6. The number of hydrogen-bond donors (Lipinski definition) is 1. The number of carbonyl (C=O) groups is 2. The molecule has 140 valence electrons. The molecule has 0 aliphatic heterocycles. The smallest absolute Gasteiger partial charge is 0.253 e. The lowest BCUT2D eigenvalue weighted by atomic mass is 10.1. The number of rotatable bonds is 6. The molecule has 0 atom stereocenters. The van der Waals surface area contributed by atoms with Crippen molar-refractivity contribution in [1.29, 1.82) is 0 Å². The highest BCUT2D eigenvalue weighted by Gasteiger charge is 2.06. The minimum atomic E-state index is -0.0830. The predicted octanol–water partition coefficient (Wildman–Crippen LogP) is 2.50. The maximum absolute atomic E-state index is 12.0. The lowest BCUT2D eigenvalue weighted by molar-refractivity contribution is -0.120. The Bertz CT molecular complexity index is 829. The molecule has 2 rings (SSSR count). The van der Waals surface area contributed by atoms with Gasteiger partial charge in [0.05, 0.1) is 19.6 Å². The molecule has 0 saturated carbocycles. The number of carbonyl (C=O) groups excluding carboxylic acids is 2. The zero-order valence-electron chi connectivity index (χ0n) is 15.9. The van der Waals surface area contributed by atoms with Crippen molar-refractivity contribution in [3.05, 3.63) is 65.2 Å². The number of nitrogens with zero attached hydrogens (tertiary/aromatic N) is 1. The fourth-order valence-corrected chi connectivity index (χ4v) is 2.36. The topological polar surface area (TPSA) is 58.6 Å². The molecule has 5 nitrogen and oxygen atoms in total. The molecule has 0 heterocycles. The maximum Gasteiger partial charge on any atom is 0.253 e. The minimum absolute atomic E-state index is 0.0453. The second-order valence-electron chi connectivity index (χ2n) is 6.11. The van der Waals surface area contributed by atoms with Crippen molar-refractivity contribution >= 4 is 11.8 Å². The Morgan fingerprint density at radius 1 is 1.04 bits per heavy atom. The molecule has 5 heteroatoms. The molecule has 0 spiro atoms. The van der Waals surface area contributed by atoms with E-state index in [1.54, 1.807) is 38.4 Å². The minimum Gasteiger partial charge on any atom is -0.494 e. The fourth-order valence-electron chi connectivity index (χ4n) is 2.36. The van der Waals surface area contributed by atoms with Crippen molar-refractivity contribution in [1.82, 2.24) is 10.2 Å². The zero-order valence-corrected chi connectivity index (χ0v) is 15.9. The largest absolute Gasteiger partial charge is 0.494 e. The Morgan fingerprint density at radius 3 is 2.30 bits per heavy atom. The molecular weight excluding hydrogens is 340 g/mol. The Morgan fingerprint density at radius 2 is 1.70 bits per heavy atom. The first-order valence-corrected chi connectivity index (χ1v) is 8.78. The lowest BCUT2D eigenvalue weighted by Crippen LogP contribution is -2.25. The van der Waals surface area contributed by atoms with Gasteiger partial charge in [-0.3, -0.25) is 9.59 Å². The van der Waals surface area contributed by atoms with E-state index < -0.39 is 0 Å². The summed E-state index contributed by atoms with van der Waals surface area (Å²) >= 11 is 0. The number of benzene rings is 2. The summed E-state index contributed by atoms with van der Waals surface area (Å²) in [5.74, 6) is 6.56. The van der Waals surface area contributed by atoms with Crippen LogP contribution in [0.3, 0.4) is 0 Å². The van der Waals surface area contributed by atoms with Gasteiger partial charge in [0, 0.05) is 25.2 Å². The molecule has 0 saturated heterocycles. The second kappa shape index (κ2) is 10.0. The van der Waals surface area contributed by atoms with E-state index in [1.807, 2.05) is 31.2 Å². The van der Waals surface area contributed by atoms with Gasteiger partial charge in [0.25, 0.3) is 5.91 Å². The summed E-state index contributed by atoms with van der Waals surface area (Å²) in [6.45, 7) is 2.82. The van der Waals surface area contributed by atoms with E-state index in [1.165, 1.54) is 4.90 Å². The van der Waals surface area contributed by atoms with Crippen LogP contribution in [0.25, 0.3) is 0 Å². The van der Waals surface area contributed by atoms with Crippen LogP contribution in [0.1, 0.15) is 28.4 Å². The van der Waals surface area contributed by atoms with E-state index in [2.05, 4.69) is 17.2 Å². The van der Waals surface area contributed by atoms with Gasteiger partial charge in [-0.15, -0.1) is 0 Å². The van der Waals surface area contributed by atoms with Gasteiger partial charge in [0.15, 0.2) is 0 Å². The molecule has 0 unspecified atom stereocenters. The molecule has 27 heavy (non-hydrogen) atoms. The first-order valence-electron chi connectivity index (χ1n) is 8.78. The summed E-state index contributed by atoms with van der Waals surface area (Å²) in [6.07, 6.45) is 0.301. The molecule has 2 aromatic rings. The van der Waals surface area contributed by atoms with Crippen LogP contribution in [0.5, 0.6) is 5.75 Å². The summed E-state index contributed by atoms with van der Waals surface area (Å²) in [5.41, 5.74) is 2.34. The molecule has 0 radical (unpaired) electrons. The Labute approximate surface area is 160 Å². The average Bonchev–Trinajstić information content (AvgIpc) is 2.67. The first-order chi connectivity index (χ1) is 13.0. The van der Waals surface area contributed by atoms with Crippen LogP contribution in [0.4, 0.5) is 0 Å². The highest BCUT2D eigenvalue weighted by atomic mass is 16.5. The van der Waals surface area contributed by atoms with Gasteiger partial charge in [0.2, 0.25) is 5.91 Å². The Balaban J connectivity index is 1.80. The van der Waals surface area contributed by atoms with E-state index >= 15 is 0 Å². The molecule has 0 fully saturated rings. The van der Waals surface area contributed by atoms with Gasteiger partial charge in [-0.1, -0.05) is 24.0 Å². The van der Waals surface area contributed by atoms with E-state index in [0.29, 0.717) is 18.6 Å². The molecule has 0 aliphatic carbocycles. The van der Waals surface area contributed by atoms with Crippen LogP contribution >= 0.6 is 0 Å². The quantitative estimate of drug-likeness (QED) is 0.801. The van der Waals surface area contributed by atoms with Crippen LogP contribution in [0.15, 0.2) is 48.5 Å². The van der Waals surface area contributed by atoms with E-state index in [4.69, 9.17) is 4.74 Å². The number of ether oxygens (including phenoxy) is 1. The fraction of sp³-hybridized carbons (Fsp3) is 0.273. The van der Waals surface area contributed by atoms with Gasteiger partial charge < -0.3 is 15.0 Å². The normalized spacial score (nSPS) is 9.74. The molecule has 2 aromatic carbocycles. The van der Waals surface area contributed by atoms with Crippen molar-refractivity contribution in [2.45, 2.75) is 13.3 Å². The monoisotopic (exact) mass is 364 g/mol. The molecule has 2 amide bonds. The summed E-state index contributed by atoms with van der Waals surface area (Å²) in [5, 5.41) is 2.78. The average molecular weight is 364 g/mol. The molecular formula is C22H24N2O3. The molecule has 0 bridgehead atoms. The molecule has 0 aliphatic rings. The second-order valence-corrected chi connectivity index (χ2v) is 6.11. The van der Waals surface area contributed by atoms with Gasteiger partial charge in [-0.2, -0.15) is 0 Å². The van der Waals surface area contributed by atoms with Gasteiger partial charge in [-0.25, -0.2) is 0 Å². The van der Waals surface area contributed by atoms with Crippen molar-refractivity contribution in [3.63, 3.8) is 0 Å². The molecule has 0 aromatic heterocycles. The van der Waals surface area contributed by atoms with Crippen LogP contribution in [-0.2, 0) is 11.2 Å². The van der Waals surface area contributed by atoms with Crippen molar-refractivity contribution in [3.8, 4) is 17.6 Å². The van der Waals surface area contributed by atoms with Gasteiger partial charge >= 0.3 is 0 Å². The lowest BCUT2D eigenvalue weighted by Gasteiger charge is -2.09. The first kappa shape index (κ1) is 20.1. The van der Waals surface area contributed by atoms with E-state index in [9.17, 15) is 9.59 Å².